The van der Waals surface area contributed by atoms with Gasteiger partial charge in [0.15, 0.2) is 5.76 Å². The molecule has 0 aliphatic carbocycles. The summed E-state index contributed by atoms with van der Waals surface area (Å²) in [6, 6.07) is 3.63. The quantitative estimate of drug-likeness (QED) is 0.871. The zero-order valence-electron chi connectivity index (χ0n) is 10.7. The SMILES string of the molecule is Cc1[nH]c(C(C)(C)CC(=O)O)nc1-c1ccco1. The van der Waals surface area contributed by atoms with Crippen molar-refractivity contribution in [1.29, 1.82) is 0 Å². The van der Waals surface area contributed by atoms with Gasteiger partial charge in [-0.15, -0.1) is 0 Å². The Hall–Kier alpha value is -2.04. The summed E-state index contributed by atoms with van der Waals surface area (Å²) in [6.45, 7) is 5.60. The monoisotopic (exact) mass is 248 g/mol. The molecule has 2 rings (SSSR count). The van der Waals surface area contributed by atoms with Gasteiger partial charge < -0.3 is 14.5 Å². The van der Waals surface area contributed by atoms with Crippen molar-refractivity contribution in [2.45, 2.75) is 32.6 Å². The normalized spacial score (nSPS) is 11.7. The molecule has 0 aliphatic heterocycles. The fraction of sp³-hybridized carbons (Fsp3) is 0.385. The van der Waals surface area contributed by atoms with Gasteiger partial charge in [0.2, 0.25) is 0 Å². The highest BCUT2D eigenvalue weighted by atomic mass is 16.4. The summed E-state index contributed by atoms with van der Waals surface area (Å²) in [6.07, 6.45) is 1.61. The van der Waals surface area contributed by atoms with E-state index in [9.17, 15) is 4.79 Å². The molecule has 18 heavy (non-hydrogen) atoms. The molecule has 0 saturated carbocycles. The molecule has 2 aromatic heterocycles. The van der Waals surface area contributed by atoms with Crippen molar-refractivity contribution in [1.82, 2.24) is 9.97 Å². The van der Waals surface area contributed by atoms with Crippen LogP contribution in [-0.2, 0) is 10.2 Å². The third-order valence-electron chi connectivity index (χ3n) is 2.87. The highest BCUT2D eigenvalue weighted by Crippen LogP contribution is 2.29. The van der Waals surface area contributed by atoms with Crippen LogP contribution in [0.15, 0.2) is 22.8 Å². The molecule has 0 unspecified atom stereocenters. The molecule has 0 bridgehead atoms. The van der Waals surface area contributed by atoms with Crippen LogP contribution in [0.25, 0.3) is 11.5 Å². The number of imidazole rings is 1. The van der Waals surface area contributed by atoms with Crippen LogP contribution in [0.5, 0.6) is 0 Å². The number of carbonyl (C=O) groups is 1. The van der Waals surface area contributed by atoms with Crippen molar-refractivity contribution < 1.29 is 14.3 Å². The van der Waals surface area contributed by atoms with Gasteiger partial charge in [-0.2, -0.15) is 0 Å². The number of H-pyrrole nitrogens is 1. The number of aromatic amines is 1. The van der Waals surface area contributed by atoms with Gasteiger partial charge in [-0.05, 0) is 19.1 Å². The number of aliphatic carboxylic acids is 1. The largest absolute Gasteiger partial charge is 0.481 e. The van der Waals surface area contributed by atoms with E-state index in [4.69, 9.17) is 9.52 Å². The lowest BCUT2D eigenvalue weighted by atomic mass is 9.88. The zero-order chi connectivity index (χ0) is 13.3. The molecule has 0 aromatic carbocycles. The van der Waals surface area contributed by atoms with Gasteiger partial charge in [0.25, 0.3) is 0 Å². The molecule has 0 spiro atoms. The van der Waals surface area contributed by atoms with Gasteiger partial charge in [0, 0.05) is 11.1 Å². The molecule has 96 valence electrons. The summed E-state index contributed by atoms with van der Waals surface area (Å²) < 4.78 is 5.31. The molecule has 0 amide bonds. The molecule has 5 nitrogen and oxygen atoms in total. The predicted molar refractivity (Wildman–Crippen MR) is 66.3 cm³/mol. The first-order valence-corrected chi connectivity index (χ1v) is 5.73. The number of carboxylic acids is 1. The molecular weight excluding hydrogens is 232 g/mol. The van der Waals surface area contributed by atoms with E-state index in [1.54, 1.807) is 12.3 Å². The first-order chi connectivity index (χ1) is 8.40. The van der Waals surface area contributed by atoms with Gasteiger partial charge in [-0.3, -0.25) is 4.79 Å². The van der Waals surface area contributed by atoms with Crippen molar-refractivity contribution in [3.05, 3.63) is 29.9 Å². The Kier molecular flexibility index (Phi) is 2.98. The highest BCUT2D eigenvalue weighted by molar-refractivity contribution is 5.68. The number of carboxylic acid groups (broad SMARTS) is 1. The van der Waals surface area contributed by atoms with Gasteiger partial charge in [0.05, 0.1) is 12.7 Å². The molecule has 2 N–H and O–H groups in total. The van der Waals surface area contributed by atoms with Crippen LogP contribution in [0.2, 0.25) is 0 Å². The molecule has 0 atom stereocenters. The van der Waals surface area contributed by atoms with Crippen molar-refractivity contribution in [3.8, 4) is 11.5 Å². The van der Waals surface area contributed by atoms with E-state index in [1.807, 2.05) is 26.8 Å². The molecule has 5 heteroatoms. The minimum atomic E-state index is -0.839. The second-order valence-electron chi connectivity index (χ2n) is 4.99. The van der Waals surface area contributed by atoms with Gasteiger partial charge in [0.1, 0.15) is 11.5 Å². The maximum Gasteiger partial charge on any atom is 0.304 e. The fourth-order valence-electron chi connectivity index (χ4n) is 1.90. The lowest BCUT2D eigenvalue weighted by Crippen LogP contribution is -2.23. The van der Waals surface area contributed by atoms with Gasteiger partial charge in [-0.25, -0.2) is 4.98 Å². The van der Waals surface area contributed by atoms with Crippen molar-refractivity contribution >= 4 is 5.97 Å². The van der Waals surface area contributed by atoms with Crippen LogP contribution in [0.1, 0.15) is 31.8 Å². The number of aryl methyl sites for hydroxylation is 1. The maximum atomic E-state index is 10.8. The molecule has 0 radical (unpaired) electrons. The van der Waals surface area contributed by atoms with E-state index in [0.717, 1.165) is 11.4 Å². The zero-order valence-corrected chi connectivity index (χ0v) is 10.7. The maximum absolute atomic E-state index is 10.8. The number of hydrogen-bond donors (Lipinski definition) is 2. The summed E-state index contributed by atoms with van der Waals surface area (Å²) in [7, 11) is 0. The standard InChI is InChI=1S/C13H16N2O3/c1-8-11(9-5-4-6-18-9)15-12(14-8)13(2,3)7-10(16)17/h4-6H,7H2,1-3H3,(H,14,15)(H,16,17). The number of nitrogens with zero attached hydrogens (tertiary/aromatic N) is 1. The fourth-order valence-corrected chi connectivity index (χ4v) is 1.90. The van der Waals surface area contributed by atoms with E-state index in [0.29, 0.717) is 11.6 Å². The second-order valence-corrected chi connectivity index (χ2v) is 4.99. The van der Waals surface area contributed by atoms with Gasteiger partial charge >= 0.3 is 5.97 Å². The third kappa shape index (κ3) is 2.30. The summed E-state index contributed by atoms with van der Waals surface area (Å²) in [4.78, 5) is 18.5. The number of nitrogens with one attached hydrogen (secondary N) is 1. The van der Waals surface area contributed by atoms with E-state index in [-0.39, 0.29) is 6.42 Å². The van der Waals surface area contributed by atoms with Crippen LogP contribution in [0, 0.1) is 6.92 Å². The Bertz CT molecular complexity index is 553. The number of aromatic nitrogens is 2. The Morgan fingerprint density at radius 1 is 1.56 bits per heavy atom. The molecule has 0 fully saturated rings. The summed E-state index contributed by atoms with van der Waals surface area (Å²) in [5.74, 6) is 0.503. The van der Waals surface area contributed by atoms with Crippen LogP contribution < -0.4 is 0 Å². The molecule has 2 aromatic rings. The summed E-state index contributed by atoms with van der Waals surface area (Å²) in [5, 5.41) is 8.91. The summed E-state index contributed by atoms with van der Waals surface area (Å²) >= 11 is 0. The topological polar surface area (TPSA) is 79.1 Å². The highest BCUT2D eigenvalue weighted by Gasteiger charge is 2.28. The van der Waals surface area contributed by atoms with E-state index in [2.05, 4.69) is 9.97 Å². The molecular formula is C13H16N2O3. The molecule has 0 saturated heterocycles. The number of furan rings is 1. The smallest absolute Gasteiger partial charge is 0.304 e. The van der Waals surface area contributed by atoms with E-state index >= 15 is 0 Å². The van der Waals surface area contributed by atoms with Crippen LogP contribution in [0.4, 0.5) is 0 Å². The minimum absolute atomic E-state index is 0.0253. The predicted octanol–water partition coefficient (Wildman–Crippen LogP) is 2.73. The van der Waals surface area contributed by atoms with Crippen LogP contribution in [-0.4, -0.2) is 21.0 Å². The lowest BCUT2D eigenvalue weighted by molar-refractivity contribution is -0.138. The second kappa shape index (κ2) is 4.33. The third-order valence-corrected chi connectivity index (χ3v) is 2.87. The van der Waals surface area contributed by atoms with Gasteiger partial charge in [-0.1, -0.05) is 13.8 Å². The minimum Gasteiger partial charge on any atom is -0.481 e. The Balaban J connectivity index is 2.37. The lowest BCUT2D eigenvalue weighted by Gasteiger charge is -2.19. The van der Waals surface area contributed by atoms with Crippen molar-refractivity contribution in [2.24, 2.45) is 0 Å². The van der Waals surface area contributed by atoms with E-state index in [1.165, 1.54) is 0 Å². The average molecular weight is 248 g/mol. The molecule has 2 heterocycles. The number of rotatable bonds is 4. The Morgan fingerprint density at radius 3 is 2.83 bits per heavy atom. The summed E-state index contributed by atoms with van der Waals surface area (Å²) in [5.41, 5.74) is 1.06. The van der Waals surface area contributed by atoms with Crippen molar-refractivity contribution in [3.63, 3.8) is 0 Å². The first-order valence-electron chi connectivity index (χ1n) is 5.73. The first kappa shape index (κ1) is 12.4. The van der Waals surface area contributed by atoms with Crippen LogP contribution in [0.3, 0.4) is 0 Å². The van der Waals surface area contributed by atoms with Crippen LogP contribution >= 0.6 is 0 Å². The average Bonchev–Trinajstić information content (AvgIpc) is 2.83. The Morgan fingerprint density at radius 2 is 2.28 bits per heavy atom. The van der Waals surface area contributed by atoms with Crippen molar-refractivity contribution in [2.75, 3.05) is 0 Å². The molecule has 0 aliphatic rings. The number of hydrogen-bond acceptors (Lipinski definition) is 3. The Labute approximate surface area is 105 Å². The van der Waals surface area contributed by atoms with E-state index < -0.39 is 11.4 Å².